The van der Waals surface area contributed by atoms with Crippen molar-refractivity contribution in [3.05, 3.63) is 48.6 Å². The Balaban J connectivity index is 1.70. The molecule has 1 aromatic rings. The number of nitrogens with one attached hydrogen (secondary N) is 1. The van der Waals surface area contributed by atoms with Gasteiger partial charge in [-0.15, -0.1) is 6.58 Å². The Bertz CT molecular complexity index is 790. The molecule has 3 rings (SSSR count). The normalized spacial score (nSPS) is 22.7. The van der Waals surface area contributed by atoms with Gasteiger partial charge >= 0.3 is 0 Å². The zero-order valence-corrected chi connectivity index (χ0v) is 18.0. The fraction of sp³-hybridized carbons (Fsp3) is 0.550. The van der Waals surface area contributed by atoms with Crippen LogP contribution < -0.4 is 5.32 Å². The molecule has 1 N–H and O–H groups in total. The number of amides is 1. The number of carbonyl (C=O) groups is 1. The van der Waals surface area contributed by atoms with E-state index >= 15 is 0 Å². The number of nitrogens with zero attached hydrogens (tertiary/aromatic N) is 2. The molecule has 0 bridgehead atoms. The minimum absolute atomic E-state index is 0.0138. The number of sulfonamides is 1. The summed E-state index contributed by atoms with van der Waals surface area (Å²) in [6.45, 7) is 5.11. The number of rotatable bonds is 8. The maximum Gasteiger partial charge on any atom is 0.241 e. The minimum Gasteiger partial charge on any atom is -0.319 e. The largest absolute Gasteiger partial charge is 0.319 e. The van der Waals surface area contributed by atoms with Crippen LogP contribution in [0.4, 0.5) is 0 Å². The third-order valence-electron chi connectivity index (χ3n) is 5.58. The third-order valence-corrected chi connectivity index (χ3v) is 8.07. The van der Waals surface area contributed by atoms with Gasteiger partial charge in [0.25, 0.3) is 0 Å². The van der Waals surface area contributed by atoms with Crippen LogP contribution in [0.15, 0.2) is 43.0 Å². The Morgan fingerprint density at radius 2 is 1.96 bits per heavy atom. The quantitative estimate of drug-likeness (QED) is 0.648. The highest BCUT2D eigenvalue weighted by Crippen LogP contribution is 2.34. The summed E-state index contributed by atoms with van der Waals surface area (Å²) in [7, 11) is -3.37. The van der Waals surface area contributed by atoms with Crippen molar-refractivity contribution in [3.63, 3.8) is 0 Å². The summed E-state index contributed by atoms with van der Waals surface area (Å²) in [6, 6.07) is 9.06. The summed E-state index contributed by atoms with van der Waals surface area (Å²) in [5, 5.41) is 3.54. The van der Waals surface area contributed by atoms with Gasteiger partial charge in [0, 0.05) is 19.6 Å². The second-order valence-electron chi connectivity index (χ2n) is 7.39. The standard InChI is InChI=1S/C20H29N3O3S2/c1-3-12-23-19(24)18(9-15-27-2)21-20(23)10-13-22(14-11-20)28(25,26)16-17-7-5-4-6-8-17/h3-8,18,21H,1,9-16H2,2H3. The molecule has 2 aliphatic heterocycles. The van der Waals surface area contributed by atoms with Crippen molar-refractivity contribution in [2.45, 2.75) is 36.7 Å². The summed E-state index contributed by atoms with van der Waals surface area (Å²) in [5.41, 5.74) is 0.329. The minimum atomic E-state index is -3.37. The zero-order chi connectivity index (χ0) is 20.2. The molecule has 0 aliphatic carbocycles. The summed E-state index contributed by atoms with van der Waals surface area (Å²) in [6.07, 6.45) is 5.75. The number of benzene rings is 1. The van der Waals surface area contributed by atoms with Crippen molar-refractivity contribution >= 4 is 27.7 Å². The molecule has 154 valence electrons. The first-order valence-electron chi connectivity index (χ1n) is 9.62. The number of hydrogen-bond acceptors (Lipinski definition) is 5. The smallest absolute Gasteiger partial charge is 0.241 e. The predicted molar refractivity (Wildman–Crippen MR) is 114 cm³/mol. The van der Waals surface area contributed by atoms with Crippen LogP contribution in [0.5, 0.6) is 0 Å². The van der Waals surface area contributed by atoms with Crippen LogP contribution in [-0.4, -0.2) is 66.9 Å². The molecule has 1 aromatic carbocycles. The van der Waals surface area contributed by atoms with Gasteiger partial charge in [-0.05, 0) is 36.8 Å². The molecule has 1 spiro atoms. The van der Waals surface area contributed by atoms with E-state index in [1.54, 1.807) is 22.1 Å². The lowest BCUT2D eigenvalue weighted by molar-refractivity contribution is -0.132. The molecule has 2 fully saturated rings. The fourth-order valence-corrected chi connectivity index (χ4v) is 6.12. The summed E-state index contributed by atoms with van der Waals surface area (Å²) < 4.78 is 27.3. The van der Waals surface area contributed by atoms with Crippen LogP contribution in [-0.2, 0) is 20.6 Å². The summed E-state index contributed by atoms with van der Waals surface area (Å²) >= 11 is 1.73. The van der Waals surface area contributed by atoms with Gasteiger partial charge in [-0.25, -0.2) is 12.7 Å². The lowest BCUT2D eigenvalue weighted by atomic mass is 9.97. The molecule has 0 radical (unpaired) electrons. The highest BCUT2D eigenvalue weighted by Gasteiger charge is 2.51. The average molecular weight is 424 g/mol. The number of piperidine rings is 1. The molecule has 0 aromatic heterocycles. The van der Waals surface area contributed by atoms with Gasteiger partial charge in [0.05, 0.1) is 17.5 Å². The van der Waals surface area contributed by atoms with Crippen LogP contribution in [0.25, 0.3) is 0 Å². The first kappa shape index (κ1) is 21.4. The second-order valence-corrected chi connectivity index (χ2v) is 10.3. The Morgan fingerprint density at radius 3 is 2.57 bits per heavy atom. The van der Waals surface area contributed by atoms with E-state index in [1.165, 1.54) is 0 Å². The van der Waals surface area contributed by atoms with E-state index in [9.17, 15) is 13.2 Å². The van der Waals surface area contributed by atoms with Crippen molar-refractivity contribution < 1.29 is 13.2 Å². The fourth-order valence-electron chi connectivity index (χ4n) is 4.11. The van der Waals surface area contributed by atoms with E-state index in [-0.39, 0.29) is 17.7 Å². The molecule has 6 nitrogen and oxygen atoms in total. The molecular formula is C20H29N3O3S2. The average Bonchev–Trinajstić information content (AvgIpc) is 2.93. The van der Waals surface area contributed by atoms with Crippen LogP contribution in [0.2, 0.25) is 0 Å². The van der Waals surface area contributed by atoms with Crippen molar-refractivity contribution in [1.29, 1.82) is 0 Å². The molecular weight excluding hydrogens is 394 g/mol. The molecule has 8 heteroatoms. The Morgan fingerprint density at radius 1 is 1.29 bits per heavy atom. The molecule has 2 saturated heterocycles. The first-order valence-corrected chi connectivity index (χ1v) is 12.6. The van der Waals surface area contributed by atoms with Gasteiger partial charge in [-0.2, -0.15) is 11.8 Å². The predicted octanol–water partition coefficient (Wildman–Crippen LogP) is 2.05. The maximum atomic E-state index is 12.9. The van der Waals surface area contributed by atoms with Crippen molar-refractivity contribution in [2.75, 3.05) is 31.6 Å². The van der Waals surface area contributed by atoms with Crippen LogP contribution in [0, 0.1) is 0 Å². The van der Waals surface area contributed by atoms with Gasteiger partial charge < -0.3 is 4.90 Å². The molecule has 0 saturated carbocycles. The van der Waals surface area contributed by atoms with Crippen LogP contribution >= 0.6 is 11.8 Å². The highest BCUT2D eigenvalue weighted by atomic mass is 32.2. The molecule has 28 heavy (non-hydrogen) atoms. The van der Waals surface area contributed by atoms with Crippen molar-refractivity contribution in [2.24, 2.45) is 0 Å². The SMILES string of the molecule is C=CCN1C(=O)C(CCSC)NC12CCN(S(=O)(=O)Cc1ccccc1)CC2. The van der Waals surface area contributed by atoms with E-state index in [1.807, 2.05) is 41.5 Å². The van der Waals surface area contributed by atoms with Gasteiger partial charge in [-0.1, -0.05) is 36.4 Å². The van der Waals surface area contributed by atoms with E-state index in [0.29, 0.717) is 32.5 Å². The van der Waals surface area contributed by atoms with Crippen molar-refractivity contribution in [3.8, 4) is 0 Å². The Hall–Kier alpha value is -1.35. The zero-order valence-electron chi connectivity index (χ0n) is 16.3. The molecule has 1 unspecified atom stereocenters. The van der Waals surface area contributed by atoms with Crippen LogP contribution in [0.3, 0.4) is 0 Å². The first-order chi connectivity index (χ1) is 13.4. The van der Waals surface area contributed by atoms with Crippen LogP contribution in [0.1, 0.15) is 24.8 Å². The van der Waals surface area contributed by atoms with Gasteiger partial charge in [0.2, 0.25) is 15.9 Å². The van der Waals surface area contributed by atoms with Gasteiger partial charge in [0.15, 0.2) is 0 Å². The lowest BCUT2D eigenvalue weighted by Gasteiger charge is -2.44. The van der Waals surface area contributed by atoms with Gasteiger partial charge in [-0.3, -0.25) is 10.1 Å². The lowest BCUT2D eigenvalue weighted by Crippen LogP contribution is -2.59. The summed E-state index contributed by atoms with van der Waals surface area (Å²) in [5.74, 6) is 1.04. The van der Waals surface area contributed by atoms with Gasteiger partial charge in [0.1, 0.15) is 0 Å². The third kappa shape index (κ3) is 4.45. The van der Waals surface area contributed by atoms with E-state index in [0.717, 1.165) is 17.7 Å². The molecule has 1 atom stereocenters. The van der Waals surface area contributed by atoms with E-state index < -0.39 is 15.7 Å². The molecule has 1 amide bonds. The summed E-state index contributed by atoms with van der Waals surface area (Å²) in [4.78, 5) is 14.7. The van der Waals surface area contributed by atoms with E-state index in [4.69, 9.17) is 0 Å². The maximum absolute atomic E-state index is 12.9. The number of carbonyl (C=O) groups excluding carboxylic acids is 1. The second kappa shape index (κ2) is 8.98. The Labute approximate surface area is 172 Å². The highest BCUT2D eigenvalue weighted by molar-refractivity contribution is 7.98. The topological polar surface area (TPSA) is 69.7 Å². The Kier molecular flexibility index (Phi) is 6.85. The molecule has 2 aliphatic rings. The molecule has 2 heterocycles. The number of thioether (sulfide) groups is 1. The monoisotopic (exact) mass is 423 g/mol. The number of hydrogen-bond donors (Lipinski definition) is 1. The van der Waals surface area contributed by atoms with Crippen molar-refractivity contribution in [1.82, 2.24) is 14.5 Å². The van der Waals surface area contributed by atoms with E-state index in [2.05, 4.69) is 11.9 Å².